The Kier molecular flexibility index (Phi) is 6.08. The highest BCUT2D eigenvalue weighted by Crippen LogP contribution is 2.14. The van der Waals surface area contributed by atoms with Crippen LogP contribution in [-0.4, -0.2) is 0 Å². The van der Waals surface area contributed by atoms with Crippen molar-refractivity contribution in [1.29, 1.82) is 0 Å². The Bertz CT molecular complexity index is 204. The van der Waals surface area contributed by atoms with Crippen LogP contribution in [-0.2, 0) is 0 Å². The van der Waals surface area contributed by atoms with E-state index in [1.165, 1.54) is 11.1 Å². The molecule has 0 nitrogen and oxygen atoms in total. The lowest BCUT2D eigenvalue weighted by atomic mass is 10.0. The summed E-state index contributed by atoms with van der Waals surface area (Å²) < 4.78 is 0. The summed E-state index contributed by atoms with van der Waals surface area (Å²) in [4.78, 5) is 0. The fourth-order valence-corrected chi connectivity index (χ4v) is 1.12. The van der Waals surface area contributed by atoms with Gasteiger partial charge in [0.05, 0.1) is 0 Å². The van der Waals surface area contributed by atoms with Gasteiger partial charge in [-0.05, 0) is 24.5 Å². The van der Waals surface area contributed by atoms with Crippen LogP contribution in [0.1, 0.15) is 26.7 Å². The van der Waals surface area contributed by atoms with Gasteiger partial charge in [0.1, 0.15) is 0 Å². The minimum Gasteiger partial charge on any atom is -0.0988 e. The van der Waals surface area contributed by atoms with E-state index in [1.807, 2.05) is 25.2 Å². The van der Waals surface area contributed by atoms with E-state index < -0.39 is 0 Å². The van der Waals surface area contributed by atoms with Crippen LogP contribution in [0.4, 0.5) is 0 Å². The lowest BCUT2D eigenvalue weighted by Gasteiger charge is -2.02. The summed E-state index contributed by atoms with van der Waals surface area (Å²) in [6.07, 6.45) is 10.1. The van der Waals surface area contributed by atoms with Crippen LogP contribution in [0.2, 0.25) is 0 Å². The lowest BCUT2D eigenvalue weighted by molar-refractivity contribution is 0.922. The molecule has 0 aliphatic heterocycles. The molecule has 0 amide bonds. The molecular weight excluding hydrogens is 144 g/mol. The summed E-state index contributed by atoms with van der Waals surface area (Å²) in [5, 5.41) is 0. The van der Waals surface area contributed by atoms with Gasteiger partial charge in [-0.25, -0.2) is 0 Å². The van der Waals surface area contributed by atoms with Gasteiger partial charge in [0.25, 0.3) is 0 Å². The second-order valence-electron chi connectivity index (χ2n) is 2.64. The van der Waals surface area contributed by atoms with E-state index in [9.17, 15) is 0 Å². The fraction of sp³-hybridized carbons (Fsp3) is 0.333. The number of hydrogen-bond acceptors (Lipinski definition) is 0. The molecule has 0 saturated heterocycles. The van der Waals surface area contributed by atoms with Crippen molar-refractivity contribution in [3.05, 3.63) is 48.6 Å². The fourth-order valence-electron chi connectivity index (χ4n) is 1.12. The van der Waals surface area contributed by atoms with Crippen molar-refractivity contribution in [2.45, 2.75) is 26.7 Å². The Balaban J connectivity index is 4.72. The molecule has 0 rings (SSSR count). The SMILES string of the molecule is C=CC(/C=C\C)=C(/C=C)CCC. The Hall–Kier alpha value is -1.04. The topological polar surface area (TPSA) is 0 Å². The molecule has 0 bridgehead atoms. The molecule has 0 fully saturated rings. The molecule has 0 saturated carbocycles. The molecule has 0 aromatic rings. The van der Waals surface area contributed by atoms with Gasteiger partial charge in [-0.2, -0.15) is 0 Å². The van der Waals surface area contributed by atoms with E-state index in [0.717, 1.165) is 12.8 Å². The largest absolute Gasteiger partial charge is 0.0988 e. The Morgan fingerprint density at radius 3 is 2.25 bits per heavy atom. The second-order valence-corrected chi connectivity index (χ2v) is 2.64. The van der Waals surface area contributed by atoms with E-state index in [-0.39, 0.29) is 0 Å². The van der Waals surface area contributed by atoms with Crippen molar-refractivity contribution in [2.75, 3.05) is 0 Å². The van der Waals surface area contributed by atoms with Crippen molar-refractivity contribution in [3.63, 3.8) is 0 Å². The van der Waals surface area contributed by atoms with Crippen molar-refractivity contribution >= 4 is 0 Å². The number of allylic oxidation sites excluding steroid dienone is 6. The van der Waals surface area contributed by atoms with Gasteiger partial charge in [-0.3, -0.25) is 0 Å². The number of hydrogen-bond donors (Lipinski definition) is 0. The van der Waals surface area contributed by atoms with E-state index in [4.69, 9.17) is 0 Å². The lowest BCUT2D eigenvalue weighted by Crippen LogP contribution is -1.83. The van der Waals surface area contributed by atoms with E-state index in [0.29, 0.717) is 0 Å². The van der Waals surface area contributed by atoms with Crippen LogP contribution in [0.25, 0.3) is 0 Å². The molecule has 12 heavy (non-hydrogen) atoms. The first-order valence-electron chi connectivity index (χ1n) is 4.40. The first-order chi connectivity index (χ1) is 5.79. The van der Waals surface area contributed by atoms with Gasteiger partial charge in [-0.15, -0.1) is 0 Å². The third-order valence-corrected chi connectivity index (χ3v) is 1.70. The quantitative estimate of drug-likeness (QED) is 0.535. The molecule has 0 aliphatic rings. The summed E-state index contributed by atoms with van der Waals surface area (Å²) >= 11 is 0. The molecule has 0 N–H and O–H groups in total. The minimum atomic E-state index is 1.08. The van der Waals surface area contributed by atoms with Gasteiger partial charge in [0.15, 0.2) is 0 Å². The molecule has 0 spiro atoms. The van der Waals surface area contributed by atoms with E-state index in [2.05, 4.69) is 26.2 Å². The third-order valence-electron chi connectivity index (χ3n) is 1.70. The van der Waals surface area contributed by atoms with Crippen LogP contribution in [0.3, 0.4) is 0 Å². The minimum absolute atomic E-state index is 1.08. The predicted molar refractivity (Wildman–Crippen MR) is 57.1 cm³/mol. The maximum Gasteiger partial charge on any atom is -0.0234 e. The predicted octanol–water partition coefficient (Wildman–Crippen LogP) is 4.03. The molecule has 0 radical (unpaired) electrons. The maximum atomic E-state index is 3.79. The maximum absolute atomic E-state index is 3.79. The Labute approximate surface area is 76.0 Å². The first-order valence-corrected chi connectivity index (χ1v) is 4.40. The van der Waals surface area contributed by atoms with Gasteiger partial charge in [-0.1, -0.05) is 50.8 Å². The van der Waals surface area contributed by atoms with Crippen LogP contribution in [0.5, 0.6) is 0 Å². The van der Waals surface area contributed by atoms with Gasteiger partial charge >= 0.3 is 0 Å². The van der Waals surface area contributed by atoms with Crippen molar-refractivity contribution < 1.29 is 0 Å². The Morgan fingerprint density at radius 2 is 1.92 bits per heavy atom. The van der Waals surface area contributed by atoms with Crippen molar-refractivity contribution in [3.8, 4) is 0 Å². The van der Waals surface area contributed by atoms with Gasteiger partial charge in [0, 0.05) is 0 Å². The molecule has 0 aromatic heterocycles. The smallest absolute Gasteiger partial charge is 0.0234 e. The third kappa shape index (κ3) is 3.38. The van der Waals surface area contributed by atoms with Crippen LogP contribution in [0.15, 0.2) is 48.6 Å². The normalized spacial score (nSPS) is 12.8. The molecule has 0 aromatic carbocycles. The van der Waals surface area contributed by atoms with Crippen LogP contribution < -0.4 is 0 Å². The average Bonchev–Trinajstić information content (AvgIpc) is 2.11. The van der Waals surface area contributed by atoms with E-state index >= 15 is 0 Å². The molecule has 0 heteroatoms. The average molecular weight is 162 g/mol. The monoisotopic (exact) mass is 162 g/mol. The summed E-state index contributed by atoms with van der Waals surface area (Å²) in [5.41, 5.74) is 2.47. The highest BCUT2D eigenvalue weighted by atomic mass is 14.0. The van der Waals surface area contributed by atoms with Crippen LogP contribution in [0, 0.1) is 0 Å². The summed E-state index contributed by atoms with van der Waals surface area (Å²) in [6, 6.07) is 0. The zero-order valence-electron chi connectivity index (χ0n) is 8.14. The molecular formula is C12H18. The van der Waals surface area contributed by atoms with Gasteiger partial charge in [0.2, 0.25) is 0 Å². The highest BCUT2D eigenvalue weighted by Gasteiger charge is 1.94. The Morgan fingerprint density at radius 1 is 1.25 bits per heavy atom. The van der Waals surface area contributed by atoms with Crippen molar-refractivity contribution in [2.24, 2.45) is 0 Å². The summed E-state index contributed by atoms with van der Waals surface area (Å²) in [5.74, 6) is 0. The number of rotatable bonds is 5. The zero-order chi connectivity index (χ0) is 9.40. The first kappa shape index (κ1) is 11.0. The van der Waals surface area contributed by atoms with Crippen molar-refractivity contribution in [1.82, 2.24) is 0 Å². The van der Waals surface area contributed by atoms with Gasteiger partial charge < -0.3 is 0 Å². The summed E-state index contributed by atoms with van der Waals surface area (Å²) in [6.45, 7) is 11.7. The molecule has 0 unspecified atom stereocenters. The standard InChI is InChI=1S/C12H18/c1-5-9-11(7-3)12(8-4)10-6-2/h5,7-9H,3-4,6,10H2,1-2H3/b9-5-,12-11+. The molecule has 0 atom stereocenters. The highest BCUT2D eigenvalue weighted by molar-refractivity contribution is 5.39. The zero-order valence-corrected chi connectivity index (χ0v) is 8.14. The van der Waals surface area contributed by atoms with Crippen LogP contribution >= 0.6 is 0 Å². The molecule has 66 valence electrons. The molecule has 0 aliphatic carbocycles. The second kappa shape index (κ2) is 6.66. The summed E-state index contributed by atoms with van der Waals surface area (Å²) in [7, 11) is 0. The van der Waals surface area contributed by atoms with E-state index in [1.54, 1.807) is 0 Å². The molecule has 0 heterocycles.